The van der Waals surface area contributed by atoms with Crippen LogP contribution in [-0.4, -0.2) is 43.6 Å². The molecule has 2 amide bonds. The molecule has 9 nitrogen and oxygen atoms in total. The number of methoxy groups -OCH3 is 2. The molecule has 0 bridgehead atoms. The number of carbonyl (C=O) groups is 1. The first-order chi connectivity index (χ1) is 12.1. The Morgan fingerprint density at radius 3 is 2.80 bits per heavy atom. The molecular weight excluding hydrogens is 344 g/mol. The van der Waals surface area contributed by atoms with Crippen LogP contribution in [0.4, 0.5) is 4.79 Å². The Kier molecular flexibility index (Phi) is 6.88. The number of thioether (sulfide) groups is 1. The third-order valence-electron chi connectivity index (χ3n) is 3.57. The Hall–Kier alpha value is -2.48. The van der Waals surface area contributed by atoms with Crippen molar-refractivity contribution in [2.24, 2.45) is 10.8 Å². The van der Waals surface area contributed by atoms with Gasteiger partial charge in [0.1, 0.15) is 5.25 Å². The molecule has 0 aromatic heterocycles. The molecule has 2 rings (SSSR count). The second-order valence-corrected chi connectivity index (χ2v) is 6.07. The lowest BCUT2D eigenvalue weighted by molar-refractivity contribution is 0.238. The largest absolute Gasteiger partial charge is 0.493 e. The number of nitriles is 1. The molecule has 1 atom stereocenters. The van der Waals surface area contributed by atoms with E-state index in [1.54, 1.807) is 14.2 Å². The summed E-state index contributed by atoms with van der Waals surface area (Å²) in [4.78, 5) is 15.5. The van der Waals surface area contributed by atoms with Crippen molar-refractivity contribution in [3.8, 4) is 17.6 Å². The van der Waals surface area contributed by atoms with Gasteiger partial charge in [0.25, 0.3) is 0 Å². The van der Waals surface area contributed by atoms with Crippen molar-refractivity contribution in [2.45, 2.75) is 11.7 Å². The summed E-state index contributed by atoms with van der Waals surface area (Å²) >= 11 is 1.31. The van der Waals surface area contributed by atoms with E-state index < -0.39 is 11.3 Å². The third-order valence-corrected chi connectivity index (χ3v) is 4.54. The number of hydrogen-bond donors (Lipinski definition) is 4. The van der Waals surface area contributed by atoms with Crippen molar-refractivity contribution in [3.05, 3.63) is 23.3 Å². The van der Waals surface area contributed by atoms with Crippen LogP contribution in [0.1, 0.15) is 11.1 Å². The fourth-order valence-electron chi connectivity index (χ4n) is 2.43. The Morgan fingerprint density at radius 1 is 1.44 bits per heavy atom. The maximum absolute atomic E-state index is 11.0. The highest BCUT2D eigenvalue weighted by atomic mass is 32.2. The van der Waals surface area contributed by atoms with Gasteiger partial charge in [-0.1, -0.05) is 0 Å². The lowest BCUT2D eigenvalue weighted by Gasteiger charge is -2.22. The van der Waals surface area contributed by atoms with E-state index in [2.05, 4.69) is 21.9 Å². The van der Waals surface area contributed by atoms with Gasteiger partial charge in [-0.2, -0.15) is 5.26 Å². The van der Waals surface area contributed by atoms with Gasteiger partial charge in [0.05, 0.1) is 31.9 Å². The van der Waals surface area contributed by atoms with Crippen LogP contribution in [0.5, 0.6) is 11.5 Å². The minimum atomic E-state index is -0.564. The number of rotatable bonds is 7. The first-order valence-corrected chi connectivity index (χ1v) is 8.49. The molecule has 5 N–H and O–H groups in total. The van der Waals surface area contributed by atoms with Crippen molar-refractivity contribution in [3.63, 3.8) is 0 Å². The summed E-state index contributed by atoms with van der Waals surface area (Å²) in [6, 6.07) is 5.46. The zero-order valence-electron chi connectivity index (χ0n) is 14.0. The van der Waals surface area contributed by atoms with Crippen molar-refractivity contribution in [1.29, 1.82) is 5.26 Å². The monoisotopic (exact) mass is 364 g/mol. The van der Waals surface area contributed by atoms with E-state index in [4.69, 9.17) is 15.3 Å². The predicted molar refractivity (Wildman–Crippen MR) is 95.5 cm³/mol. The maximum Gasteiger partial charge on any atom is 0.343 e. The highest BCUT2D eigenvalue weighted by Gasteiger charge is 2.25. The second-order valence-electron chi connectivity index (χ2n) is 4.98. The molecule has 1 heterocycles. The number of carbonyl (C=O) groups excluding carboxylic acids is 1. The summed E-state index contributed by atoms with van der Waals surface area (Å²) in [5.41, 5.74) is 9.59. The molecule has 1 aromatic rings. The smallest absolute Gasteiger partial charge is 0.343 e. The molecular formula is C15H20N6O3S. The van der Waals surface area contributed by atoms with Gasteiger partial charge in [-0.3, -0.25) is 15.8 Å². The number of nitrogens with zero attached hydrogens (tertiary/aromatic N) is 2. The maximum atomic E-state index is 11.0. The number of aliphatic imine (C=N–C) groups is 1. The van der Waals surface area contributed by atoms with Gasteiger partial charge in [-0.25, -0.2) is 16.1 Å². The average Bonchev–Trinajstić information content (AvgIpc) is 2.66. The summed E-state index contributed by atoms with van der Waals surface area (Å²) in [6.07, 6.45) is 0.776. The molecule has 1 unspecified atom stereocenters. The molecule has 1 aliphatic heterocycles. The number of urea groups is 1. The summed E-state index contributed by atoms with van der Waals surface area (Å²) < 4.78 is 10.7. The normalized spacial score (nSPS) is 13.8. The van der Waals surface area contributed by atoms with E-state index >= 15 is 0 Å². The number of hydrogen-bond acceptors (Lipinski definition) is 8. The number of fused-ring (bicyclic) bond motifs is 1. The highest BCUT2D eigenvalue weighted by Crippen LogP contribution is 2.34. The van der Waals surface area contributed by atoms with E-state index in [1.165, 1.54) is 11.8 Å². The molecule has 0 saturated heterocycles. The molecule has 25 heavy (non-hydrogen) atoms. The molecule has 0 fully saturated rings. The van der Waals surface area contributed by atoms with Crippen molar-refractivity contribution in [1.82, 2.24) is 16.3 Å². The van der Waals surface area contributed by atoms with Crippen LogP contribution < -0.4 is 31.6 Å². The molecule has 1 aromatic carbocycles. The van der Waals surface area contributed by atoms with Crippen LogP contribution in [-0.2, 0) is 6.42 Å². The standard InChI is InChI=1S/C15H20N6O3S/c1-23-11-5-9-3-4-18-14(10(9)6-12(11)24-2)13(7-16)25-8-19-21-15(22)20-17/h5-6,13,19H,3-4,8,17H2,1-2H3,(H2,20,21,22). The van der Waals surface area contributed by atoms with Crippen LogP contribution in [0.15, 0.2) is 17.1 Å². The summed E-state index contributed by atoms with van der Waals surface area (Å²) in [6.45, 7) is 0.609. The zero-order chi connectivity index (χ0) is 18.2. The van der Waals surface area contributed by atoms with Gasteiger partial charge in [-0.05, 0) is 24.1 Å². The number of ether oxygens (including phenoxy) is 2. The first kappa shape index (κ1) is 18.9. The summed E-state index contributed by atoms with van der Waals surface area (Å²) in [5.74, 6) is 6.52. The lowest BCUT2D eigenvalue weighted by atomic mass is 9.95. The third kappa shape index (κ3) is 4.54. The van der Waals surface area contributed by atoms with E-state index in [0.29, 0.717) is 29.6 Å². The quantitative estimate of drug-likeness (QED) is 0.180. The van der Waals surface area contributed by atoms with E-state index in [-0.39, 0.29) is 0 Å². The van der Waals surface area contributed by atoms with Crippen LogP contribution in [0.2, 0.25) is 0 Å². The zero-order valence-corrected chi connectivity index (χ0v) is 14.8. The van der Waals surface area contributed by atoms with Gasteiger partial charge in [0.2, 0.25) is 0 Å². The van der Waals surface area contributed by atoms with Gasteiger partial charge < -0.3 is 9.47 Å². The Balaban J connectivity index is 2.15. The summed E-state index contributed by atoms with van der Waals surface area (Å²) in [5, 5.41) is 9.04. The summed E-state index contributed by atoms with van der Waals surface area (Å²) in [7, 11) is 3.16. The van der Waals surface area contributed by atoms with Crippen molar-refractivity contribution < 1.29 is 14.3 Å². The Morgan fingerprint density at radius 2 is 2.16 bits per heavy atom. The van der Waals surface area contributed by atoms with Gasteiger partial charge in [0, 0.05) is 12.1 Å². The topological polar surface area (TPSA) is 134 Å². The number of amides is 2. The van der Waals surface area contributed by atoms with Crippen LogP contribution in [0.3, 0.4) is 0 Å². The van der Waals surface area contributed by atoms with Gasteiger partial charge in [0.15, 0.2) is 11.5 Å². The van der Waals surface area contributed by atoms with Crippen molar-refractivity contribution >= 4 is 23.5 Å². The number of hydrazine groups is 2. The van der Waals surface area contributed by atoms with Gasteiger partial charge >= 0.3 is 6.03 Å². The van der Waals surface area contributed by atoms with Crippen LogP contribution >= 0.6 is 11.8 Å². The number of nitrogens with one attached hydrogen (secondary N) is 3. The number of benzene rings is 1. The molecule has 1 aliphatic rings. The van der Waals surface area contributed by atoms with Crippen LogP contribution in [0.25, 0.3) is 0 Å². The molecule has 0 radical (unpaired) electrons. The molecule has 0 saturated carbocycles. The second kappa shape index (κ2) is 9.12. The average molecular weight is 364 g/mol. The molecule has 134 valence electrons. The molecule has 0 aliphatic carbocycles. The minimum Gasteiger partial charge on any atom is -0.493 e. The van der Waals surface area contributed by atoms with Gasteiger partial charge in [-0.15, -0.1) is 11.8 Å². The fraction of sp³-hybridized carbons (Fsp3) is 0.400. The number of nitrogens with two attached hydrogens (primary N) is 1. The highest BCUT2D eigenvalue weighted by molar-refractivity contribution is 8.00. The molecule has 0 spiro atoms. The lowest BCUT2D eigenvalue weighted by Crippen LogP contribution is -2.47. The SMILES string of the molecule is COc1cc2c(cc1OC)C(C(C#N)SCNNC(=O)NN)=NCC2. The Labute approximate surface area is 149 Å². The Bertz CT molecular complexity index is 703. The van der Waals surface area contributed by atoms with E-state index in [0.717, 1.165) is 17.5 Å². The van der Waals surface area contributed by atoms with Crippen LogP contribution in [0, 0.1) is 11.3 Å². The van der Waals surface area contributed by atoms with E-state index in [1.807, 2.05) is 17.6 Å². The minimum absolute atomic E-state index is 0.313. The first-order valence-electron chi connectivity index (χ1n) is 7.44. The van der Waals surface area contributed by atoms with E-state index in [9.17, 15) is 10.1 Å². The fourth-order valence-corrected chi connectivity index (χ4v) is 3.18. The molecule has 10 heteroatoms. The van der Waals surface area contributed by atoms with Crippen molar-refractivity contribution in [2.75, 3.05) is 26.6 Å². The predicted octanol–water partition coefficient (Wildman–Crippen LogP) is 0.309.